The third-order valence-corrected chi connectivity index (χ3v) is 5.43. The first-order valence-electron chi connectivity index (χ1n) is 8.28. The molecule has 2 N–H and O–H groups in total. The first-order chi connectivity index (χ1) is 11.6. The minimum atomic E-state index is -3.14. The maximum absolute atomic E-state index is 11.4. The molecule has 7 nitrogen and oxygen atoms in total. The molecule has 0 spiro atoms. The van der Waals surface area contributed by atoms with E-state index in [9.17, 15) is 8.42 Å². The molecule has 1 fully saturated rings. The van der Waals surface area contributed by atoms with Crippen LogP contribution < -0.4 is 14.9 Å². The number of rotatable bonds is 6. The van der Waals surface area contributed by atoms with Crippen LogP contribution in [-0.4, -0.2) is 71.3 Å². The number of hydrogen-bond donors (Lipinski definition) is 2. The molecule has 1 aromatic rings. The van der Waals surface area contributed by atoms with Crippen molar-refractivity contribution in [2.45, 2.75) is 6.92 Å². The van der Waals surface area contributed by atoms with Gasteiger partial charge in [0, 0.05) is 52.0 Å². The van der Waals surface area contributed by atoms with Crippen molar-refractivity contribution < 1.29 is 8.42 Å². The molecule has 1 saturated heterocycles. The molecule has 2 rings (SSSR count). The third kappa shape index (κ3) is 5.38. The van der Waals surface area contributed by atoms with Crippen LogP contribution in [0, 0.1) is 0 Å². The molecule has 0 saturated carbocycles. The number of nitrogens with one attached hydrogen (secondary N) is 2. The summed E-state index contributed by atoms with van der Waals surface area (Å²) < 4.78 is 25.3. The molecule has 0 amide bonds. The Morgan fingerprint density at radius 3 is 2.38 bits per heavy atom. The molecule has 8 heteroatoms. The maximum atomic E-state index is 11.4. The third-order valence-electron chi connectivity index (χ3n) is 4.02. The zero-order valence-electron chi connectivity index (χ0n) is 14.4. The molecule has 0 radical (unpaired) electrons. The van der Waals surface area contributed by atoms with Crippen molar-refractivity contribution in [1.82, 2.24) is 14.9 Å². The van der Waals surface area contributed by atoms with Crippen LogP contribution in [0.1, 0.15) is 6.92 Å². The largest absolute Gasteiger partial charge is 0.368 e. The zero-order valence-corrected chi connectivity index (χ0v) is 15.2. The number of nitrogens with zero attached hydrogens (tertiary/aromatic N) is 3. The van der Waals surface area contributed by atoms with Crippen LogP contribution in [0.3, 0.4) is 0 Å². The zero-order chi connectivity index (χ0) is 17.4. The van der Waals surface area contributed by atoms with E-state index >= 15 is 0 Å². The van der Waals surface area contributed by atoms with E-state index in [1.807, 2.05) is 6.07 Å². The number of piperazine rings is 1. The van der Waals surface area contributed by atoms with Crippen LogP contribution in [0.4, 0.5) is 5.69 Å². The van der Waals surface area contributed by atoms with E-state index in [1.165, 1.54) is 5.69 Å². The van der Waals surface area contributed by atoms with Crippen molar-refractivity contribution in [3.8, 4) is 0 Å². The lowest BCUT2D eigenvalue weighted by Gasteiger charge is -2.37. The number of guanidine groups is 1. The lowest BCUT2D eigenvalue weighted by Crippen LogP contribution is -2.53. The quantitative estimate of drug-likeness (QED) is 0.438. The van der Waals surface area contributed by atoms with Gasteiger partial charge in [-0.3, -0.25) is 4.99 Å². The molecular weight excluding hydrogens is 326 g/mol. The van der Waals surface area contributed by atoms with E-state index in [2.05, 4.69) is 49.1 Å². The van der Waals surface area contributed by atoms with Crippen molar-refractivity contribution in [2.75, 3.05) is 57.0 Å². The van der Waals surface area contributed by atoms with Gasteiger partial charge in [0.2, 0.25) is 10.0 Å². The number of para-hydroxylation sites is 1. The first kappa shape index (κ1) is 18.5. The molecule has 24 heavy (non-hydrogen) atoms. The van der Waals surface area contributed by atoms with Crippen LogP contribution in [0.2, 0.25) is 0 Å². The molecule has 0 atom stereocenters. The highest BCUT2D eigenvalue weighted by molar-refractivity contribution is 7.89. The summed E-state index contributed by atoms with van der Waals surface area (Å²) in [5.41, 5.74) is 1.24. The molecule has 1 aromatic carbocycles. The second kappa shape index (κ2) is 8.89. The van der Waals surface area contributed by atoms with Gasteiger partial charge in [-0.25, -0.2) is 13.1 Å². The molecule has 0 unspecified atom stereocenters. The minimum Gasteiger partial charge on any atom is -0.368 e. The summed E-state index contributed by atoms with van der Waals surface area (Å²) in [4.78, 5) is 8.86. The van der Waals surface area contributed by atoms with Crippen LogP contribution in [0.5, 0.6) is 0 Å². The van der Waals surface area contributed by atoms with E-state index in [0.717, 1.165) is 32.1 Å². The lowest BCUT2D eigenvalue weighted by molar-refractivity contribution is 0.373. The summed E-state index contributed by atoms with van der Waals surface area (Å²) in [6.07, 6.45) is 0. The first-order valence-corrected chi connectivity index (χ1v) is 9.94. The van der Waals surface area contributed by atoms with Crippen molar-refractivity contribution in [3.63, 3.8) is 0 Å². The normalized spacial score (nSPS) is 16.3. The number of hydrogen-bond acceptors (Lipinski definition) is 4. The highest BCUT2D eigenvalue weighted by Crippen LogP contribution is 2.15. The fourth-order valence-electron chi connectivity index (χ4n) is 2.63. The summed E-state index contributed by atoms with van der Waals surface area (Å²) in [7, 11) is -1.38. The fraction of sp³-hybridized carbons (Fsp3) is 0.562. The number of benzene rings is 1. The smallest absolute Gasteiger partial charge is 0.211 e. The summed E-state index contributed by atoms with van der Waals surface area (Å²) >= 11 is 0. The van der Waals surface area contributed by atoms with Crippen LogP contribution in [0.15, 0.2) is 35.3 Å². The van der Waals surface area contributed by atoms with Crippen molar-refractivity contribution in [2.24, 2.45) is 4.99 Å². The van der Waals surface area contributed by atoms with E-state index in [0.29, 0.717) is 13.1 Å². The molecule has 0 bridgehead atoms. The molecular formula is C16H27N5O2S. The second-order valence-corrected chi connectivity index (χ2v) is 7.68. The highest BCUT2D eigenvalue weighted by atomic mass is 32.2. The molecule has 0 aliphatic carbocycles. The summed E-state index contributed by atoms with van der Waals surface area (Å²) in [6, 6.07) is 10.4. The predicted octanol–water partition coefficient (Wildman–Crippen LogP) is 0.323. The summed E-state index contributed by atoms with van der Waals surface area (Å²) in [5, 5.41) is 3.22. The molecule has 1 aliphatic rings. The standard InChI is InChI=1S/C16H27N5O2S/c1-3-24(22,23)19-10-9-18-16(17-2)21-13-11-20(12-14-21)15-7-5-4-6-8-15/h4-8,19H,3,9-14H2,1-2H3,(H,17,18). The van der Waals surface area contributed by atoms with Crippen LogP contribution in [0.25, 0.3) is 0 Å². The van der Waals surface area contributed by atoms with Gasteiger partial charge in [0.05, 0.1) is 5.75 Å². The van der Waals surface area contributed by atoms with Gasteiger partial charge in [-0.15, -0.1) is 0 Å². The van der Waals surface area contributed by atoms with Gasteiger partial charge in [-0.1, -0.05) is 18.2 Å². The summed E-state index contributed by atoms with van der Waals surface area (Å²) in [6.45, 7) is 6.15. The van der Waals surface area contributed by atoms with Gasteiger partial charge >= 0.3 is 0 Å². The Morgan fingerprint density at radius 1 is 1.12 bits per heavy atom. The molecule has 1 aliphatic heterocycles. The van der Waals surface area contributed by atoms with Crippen LogP contribution >= 0.6 is 0 Å². The highest BCUT2D eigenvalue weighted by Gasteiger charge is 2.19. The topological polar surface area (TPSA) is 77.0 Å². The predicted molar refractivity (Wildman–Crippen MR) is 99.1 cm³/mol. The van der Waals surface area contributed by atoms with Crippen LogP contribution in [-0.2, 0) is 10.0 Å². The number of anilines is 1. The van der Waals surface area contributed by atoms with Gasteiger partial charge in [0.15, 0.2) is 5.96 Å². The van der Waals surface area contributed by atoms with Gasteiger partial charge in [-0.2, -0.15) is 0 Å². The van der Waals surface area contributed by atoms with E-state index in [1.54, 1.807) is 14.0 Å². The Hall–Kier alpha value is -1.80. The Bertz CT molecular complexity index is 625. The number of sulfonamides is 1. The van der Waals surface area contributed by atoms with Gasteiger partial charge in [0.25, 0.3) is 0 Å². The molecule has 0 aromatic heterocycles. The van der Waals surface area contributed by atoms with E-state index < -0.39 is 10.0 Å². The minimum absolute atomic E-state index is 0.100. The lowest BCUT2D eigenvalue weighted by atomic mass is 10.2. The average molecular weight is 353 g/mol. The van der Waals surface area contributed by atoms with Crippen molar-refractivity contribution >= 4 is 21.7 Å². The van der Waals surface area contributed by atoms with E-state index in [4.69, 9.17) is 0 Å². The second-order valence-electron chi connectivity index (χ2n) is 5.58. The van der Waals surface area contributed by atoms with Gasteiger partial charge in [-0.05, 0) is 19.1 Å². The molecule has 1 heterocycles. The fourth-order valence-corrected chi connectivity index (χ4v) is 3.25. The summed E-state index contributed by atoms with van der Waals surface area (Å²) in [5.74, 6) is 0.918. The SMILES string of the molecule is CCS(=O)(=O)NCCNC(=NC)N1CCN(c2ccccc2)CC1. The van der Waals surface area contributed by atoms with Gasteiger partial charge < -0.3 is 15.1 Å². The molecule has 134 valence electrons. The number of aliphatic imine (C=N–C) groups is 1. The van der Waals surface area contributed by atoms with Crippen molar-refractivity contribution in [3.05, 3.63) is 30.3 Å². The monoisotopic (exact) mass is 353 g/mol. The van der Waals surface area contributed by atoms with Crippen molar-refractivity contribution in [1.29, 1.82) is 0 Å². The Morgan fingerprint density at radius 2 is 1.79 bits per heavy atom. The Balaban J connectivity index is 1.77. The average Bonchev–Trinajstić information content (AvgIpc) is 2.63. The van der Waals surface area contributed by atoms with Gasteiger partial charge in [0.1, 0.15) is 0 Å². The maximum Gasteiger partial charge on any atom is 0.211 e. The van der Waals surface area contributed by atoms with E-state index in [-0.39, 0.29) is 5.75 Å². The Labute approximate surface area is 144 Å². The Kier molecular flexibility index (Phi) is 6.86.